The Morgan fingerprint density at radius 1 is 1.32 bits per heavy atom. The van der Waals surface area contributed by atoms with Gasteiger partial charge in [0.1, 0.15) is 5.82 Å². The fourth-order valence-electron chi connectivity index (χ4n) is 2.12. The maximum atomic E-state index is 5.24. The quantitative estimate of drug-likeness (QED) is 0.823. The van der Waals surface area contributed by atoms with Crippen LogP contribution in [0.5, 0.6) is 0 Å². The highest BCUT2D eigenvalue weighted by atomic mass is 79.9. The first-order valence-corrected chi connectivity index (χ1v) is 7.83. The molecule has 0 aliphatic carbocycles. The molecule has 0 spiro atoms. The maximum Gasteiger partial charge on any atom is 0.171 e. The van der Waals surface area contributed by atoms with Crippen LogP contribution in [0, 0.1) is 0 Å². The summed E-state index contributed by atoms with van der Waals surface area (Å²) in [5.41, 5.74) is 0. The van der Waals surface area contributed by atoms with Gasteiger partial charge < -0.3 is 15.5 Å². The highest BCUT2D eigenvalue weighted by molar-refractivity contribution is 9.10. The number of anilines is 1. The van der Waals surface area contributed by atoms with Crippen LogP contribution >= 0.6 is 28.1 Å². The van der Waals surface area contributed by atoms with Gasteiger partial charge in [0.25, 0.3) is 0 Å². The number of nitrogens with zero attached hydrogens (tertiary/aromatic N) is 2. The molecule has 2 N–H and O–H groups in total. The van der Waals surface area contributed by atoms with Crippen LogP contribution in [0.1, 0.15) is 19.3 Å². The highest BCUT2D eigenvalue weighted by Crippen LogP contribution is 2.10. The van der Waals surface area contributed by atoms with E-state index in [9.17, 15) is 0 Å². The van der Waals surface area contributed by atoms with Crippen molar-refractivity contribution in [2.75, 3.05) is 31.5 Å². The van der Waals surface area contributed by atoms with Gasteiger partial charge in [0.05, 0.1) is 0 Å². The summed E-state index contributed by atoms with van der Waals surface area (Å²) in [4.78, 5) is 6.70. The normalized spacial score (nSPS) is 16.1. The third kappa shape index (κ3) is 5.42. The van der Waals surface area contributed by atoms with E-state index in [-0.39, 0.29) is 0 Å². The minimum Gasteiger partial charge on any atom is -0.361 e. The van der Waals surface area contributed by atoms with Crippen molar-refractivity contribution < 1.29 is 0 Å². The Balaban J connectivity index is 1.65. The van der Waals surface area contributed by atoms with E-state index in [1.54, 1.807) is 6.20 Å². The zero-order valence-corrected chi connectivity index (χ0v) is 13.3. The molecule has 1 aliphatic rings. The Morgan fingerprint density at radius 2 is 2.11 bits per heavy atom. The minimum absolute atomic E-state index is 0.631. The average molecular weight is 343 g/mol. The molecule has 1 aromatic heterocycles. The van der Waals surface area contributed by atoms with Crippen molar-refractivity contribution in [1.82, 2.24) is 15.2 Å². The molecular formula is C13H19BrN4S. The molecule has 2 heterocycles. The standard InChI is InChI=1S/C13H19BrN4S/c14-11-4-5-12(16-10-11)17-13(19)15-6-9-18-7-2-1-3-8-18/h4-5,10H,1-3,6-9H2,(H2,15,16,17,19). The zero-order valence-electron chi connectivity index (χ0n) is 10.9. The lowest BCUT2D eigenvalue weighted by Crippen LogP contribution is -2.39. The molecule has 1 aromatic rings. The summed E-state index contributed by atoms with van der Waals surface area (Å²) in [7, 11) is 0. The fraction of sp³-hybridized carbons (Fsp3) is 0.538. The molecule has 0 aromatic carbocycles. The molecule has 1 aliphatic heterocycles. The summed E-state index contributed by atoms with van der Waals surface area (Å²) in [6, 6.07) is 3.83. The lowest BCUT2D eigenvalue weighted by atomic mass is 10.1. The van der Waals surface area contributed by atoms with Gasteiger partial charge in [-0.3, -0.25) is 0 Å². The van der Waals surface area contributed by atoms with Crippen molar-refractivity contribution in [2.45, 2.75) is 19.3 Å². The number of piperidine rings is 1. The average Bonchev–Trinajstić information content (AvgIpc) is 2.43. The Morgan fingerprint density at radius 3 is 2.79 bits per heavy atom. The SMILES string of the molecule is S=C(NCCN1CCCCC1)Nc1ccc(Br)cn1. The number of hydrogen-bond donors (Lipinski definition) is 2. The van der Waals surface area contributed by atoms with E-state index in [4.69, 9.17) is 12.2 Å². The predicted octanol–water partition coefficient (Wildman–Crippen LogP) is 2.62. The van der Waals surface area contributed by atoms with Gasteiger partial charge in [0.2, 0.25) is 0 Å². The molecule has 1 fully saturated rings. The molecular weight excluding hydrogens is 324 g/mol. The Kier molecular flexibility index (Phi) is 6.00. The summed E-state index contributed by atoms with van der Waals surface area (Å²) in [6.07, 6.45) is 5.77. The molecule has 0 radical (unpaired) electrons. The molecule has 4 nitrogen and oxygen atoms in total. The number of halogens is 1. The predicted molar refractivity (Wildman–Crippen MR) is 86.5 cm³/mol. The highest BCUT2D eigenvalue weighted by Gasteiger charge is 2.09. The number of aromatic nitrogens is 1. The van der Waals surface area contributed by atoms with Gasteiger partial charge >= 0.3 is 0 Å². The van der Waals surface area contributed by atoms with Gasteiger partial charge in [-0.2, -0.15) is 0 Å². The van der Waals surface area contributed by atoms with E-state index in [0.717, 1.165) is 23.4 Å². The van der Waals surface area contributed by atoms with Crippen LogP contribution in [-0.2, 0) is 0 Å². The summed E-state index contributed by atoms with van der Waals surface area (Å²) in [5.74, 6) is 0.763. The maximum absolute atomic E-state index is 5.24. The Labute approximate surface area is 128 Å². The zero-order chi connectivity index (χ0) is 13.5. The monoisotopic (exact) mass is 342 g/mol. The molecule has 2 rings (SSSR count). The van der Waals surface area contributed by atoms with Crippen molar-refractivity contribution in [3.05, 3.63) is 22.8 Å². The second-order valence-electron chi connectivity index (χ2n) is 4.64. The molecule has 6 heteroatoms. The van der Waals surface area contributed by atoms with Crippen molar-refractivity contribution in [2.24, 2.45) is 0 Å². The van der Waals surface area contributed by atoms with Crippen molar-refractivity contribution in [3.63, 3.8) is 0 Å². The fourth-order valence-corrected chi connectivity index (χ4v) is 2.56. The third-order valence-corrected chi connectivity index (χ3v) is 3.85. The van der Waals surface area contributed by atoms with Crippen LogP contribution < -0.4 is 10.6 Å². The molecule has 104 valence electrons. The Hall–Kier alpha value is -0.720. The van der Waals surface area contributed by atoms with E-state index in [1.165, 1.54) is 32.4 Å². The molecule has 19 heavy (non-hydrogen) atoms. The summed E-state index contributed by atoms with van der Waals surface area (Å²) in [5, 5.41) is 6.93. The first kappa shape index (κ1) is 14.7. The van der Waals surface area contributed by atoms with E-state index in [2.05, 4.69) is 36.4 Å². The van der Waals surface area contributed by atoms with E-state index < -0.39 is 0 Å². The second-order valence-corrected chi connectivity index (χ2v) is 5.97. The van der Waals surface area contributed by atoms with Crippen LogP contribution in [0.15, 0.2) is 22.8 Å². The number of nitrogens with one attached hydrogen (secondary N) is 2. The summed E-state index contributed by atoms with van der Waals surface area (Å²) >= 11 is 8.60. The van der Waals surface area contributed by atoms with Crippen LogP contribution in [0.2, 0.25) is 0 Å². The van der Waals surface area contributed by atoms with Crippen LogP contribution in [-0.4, -0.2) is 41.2 Å². The first-order valence-electron chi connectivity index (χ1n) is 6.63. The molecule has 1 saturated heterocycles. The van der Waals surface area contributed by atoms with Crippen molar-refractivity contribution >= 4 is 39.1 Å². The van der Waals surface area contributed by atoms with Gasteiger partial charge in [-0.05, 0) is 66.2 Å². The van der Waals surface area contributed by atoms with Crippen molar-refractivity contribution in [1.29, 1.82) is 0 Å². The Bertz CT molecular complexity index is 404. The van der Waals surface area contributed by atoms with Gasteiger partial charge in [-0.25, -0.2) is 4.98 Å². The third-order valence-electron chi connectivity index (χ3n) is 3.13. The minimum atomic E-state index is 0.631. The largest absolute Gasteiger partial charge is 0.361 e. The van der Waals surface area contributed by atoms with Crippen molar-refractivity contribution in [3.8, 4) is 0 Å². The van der Waals surface area contributed by atoms with Gasteiger partial charge in [0.15, 0.2) is 5.11 Å². The number of thiocarbonyl (C=S) groups is 1. The summed E-state index contributed by atoms with van der Waals surface area (Å²) in [6.45, 7) is 4.37. The van der Waals surface area contributed by atoms with Crippen LogP contribution in [0.4, 0.5) is 5.82 Å². The summed E-state index contributed by atoms with van der Waals surface area (Å²) < 4.78 is 0.960. The number of pyridine rings is 1. The smallest absolute Gasteiger partial charge is 0.171 e. The second kappa shape index (κ2) is 7.77. The van der Waals surface area contributed by atoms with E-state index >= 15 is 0 Å². The molecule has 0 saturated carbocycles. The van der Waals surface area contributed by atoms with E-state index in [1.807, 2.05) is 12.1 Å². The van der Waals surface area contributed by atoms with Gasteiger partial charge in [-0.15, -0.1) is 0 Å². The van der Waals surface area contributed by atoms with E-state index in [0.29, 0.717) is 5.11 Å². The molecule has 0 bridgehead atoms. The topological polar surface area (TPSA) is 40.2 Å². The molecule has 0 unspecified atom stereocenters. The number of rotatable bonds is 4. The molecule has 0 amide bonds. The number of likely N-dealkylation sites (tertiary alicyclic amines) is 1. The lowest BCUT2D eigenvalue weighted by molar-refractivity contribution is 0.232. The van der Waals surface area contributed by atoms with Gasteiger partial charge in [-0.1, -0.05) is 6.42 Å². The molecule has 0 atom stereocenters. The first-order chi connectivity index (χ1) is 9.24. The lowest BCUT2D eigenvalue weighted by Gasteiger charge is -2.26. The van der Waals surface area contributed by atoms with Crippen LogP contribution in [0.3, 0.4) is 0 Å². The van der Waals surface area contributed by atoms with Gasteiger partial charge in [0, 0.05) is 23.8 Å². The van der Waals surface area contributed by atoms with Crippen LogP contribution in [0.25, 0.3) is 0 Å². The number of hydrogen-bond acceptors (Lipinski definition) is 3.